The van der Waals surface area contributed by atoms with Gasteiger partial charge in [0.05, 0.1) is 0 Å². The summed E-state index contributed by atoms with van der Waals surface area (Å²) in [5, 5.41) is 3.47. The Morgan fingerprint density at radius 2 is 2.12 bits per heavy atom. The molecule has 1 fully saturated rings. The molecule has 2 heteroatoms. The van der Waals surface area contributed by atoms with Crippen LogP contribution in [0.4, 0.5) is 0 Å². The van der Waals surface area contributed by atoms with Crippen molar-refractivity contribution in [2.45, 2.75) is 24.7 Å². The topological polar surface area (TPSA) is 29.1 Å². The summed E-state index contributed by atoms with van der Waals surface area (Å²) in [5.41, 5.74) is 2.90. The molecule has 16 heavy (non-hydrogen) atoms. The highest BCUT2D eigenvalue weighted by atomic mass is 16.1. The molecule has 1 saturated heterocycles. The van der Waals surface area contributed by atoms with Crippen LogP contribution in [0.25, 0.3) is 0 Å². The van der Waals surface area contributed by atoms with Gasteiger partial charge in [0.25, 0.3) is 0 Å². The number of carbonyl (C=O) groups is 1. The Morgan fingerprint density at radius 3 is 2.94 bits per heavy atom. The van der Waals surface area contributed by atoms with Crippen molar-refractivity contribution in [1.29, 1.82) is 0 Å². The molecule has 2 nitrogen and oxygen atoms in total. The predicted molar refractivity (Wildman–Crippen MR) is 63.6 cm³/mol. The van der Waals surface area contributed by atoms with Gasteiger partial charge in [-0.15, -0.1) is 0 Å². The number of nitrogens with one attached hydrogen (secondary N) is 1. The normalized spacial score (nSPS) is 31.9. The summed E-state index contributed by atoms with van der Waals surface area (Å²) in [4.78, 5) is 10.8. The predicted octanol–water partition coefficient (Wildman–Crippen LogP) is 2.07. The van der Waals surface area contributed by atoms with Crippen molar-refractivity contribution in [3.8, 4) is 0 Å². The maximum Gasteiger partial charge on any atom is 0.120 e. The van der Waals surface area contributed by atoms with E-state index in [9.17, 15) is 4.79 Å². The summed E-state index contributed by atoms with van der Waals surface area (Å²) in [6.07, 6.45) is 2.99. The van der Waals surface area contributed by atoms with Crippen LogP contribution < -0.4 is 5.32 Å². The van der Waals surface area contributed by atoms with Crippen LogP contribution in [0.1, 0.15) is 35.8 Å². The second-order valence-electron chi connectivity index (χ2n) is 4.90. The number of rotatable bonds is 2. The minimum atomic E-state index is 0.473. The smallest absolute Gasteiger partial charge is 0.120 e. The third-order valence-corrected chi connectivity index (χ3v) is 4.20. The lowest BCUT2D eigenvalue weighted by Crippen LogP contribution is -2.34. The average Bonchev–Trinajstić information content (AvgIpc) is 2.66. The van der Waals surface area contributed by atoms with Crippen LogP contribution in [-0.4, -0.2) is 19.4 Å². The number of hydrogen-bond donors (Lipinski definition) is 1. The van der Waals surface area contributed by atoms with Crippen molar-refractivity contribution in [3.05, 3.63) is 35.4 Å². The molecule has 0 radical (unpaired) electrons. The highest BCUT2D eigenvalue weighted by molar-refractivity contribution is 5.54. The maximum atomic E-state index is 10.8. The van der Waals surface area contributed by atoms with E-state index in [2.05, 4.69) is 29.6 Å². The molecule has 3 atom stereocenters. The molecule has 1 aliphatic carbocycles. The number of benzene rings is 1. The van der Waals surface area contributed by atoms with Crippen molar-refractivity contribution in [2.75, 3.05) is 13.1 Å². The van der Waals surface area contributed by atoms with Gasteiger partial charge in [0, 0.05) is 18.9 Å². The van der Waals surface area contributed by atoms with Gasteiger partial charge in [0.1, 0.15) is 6.29 Å². The van der Waals surface area contributed by atoms with E-state index in [1.807, 2.05) is 0 Å². The van der Waals surface area contributed by atoms with E-state index in [-0.39, 0.29) is 0 Å². The molecule has 0 saturated carbocycles. The van der Waals surface area contributed by atoms with Gasteiger partial charge < -0.3 is 10.1 Å². The Morgan fingerprint density at radius 1 is 1.31 bits per heavy atom. The molecule has 2 unspecified atom stereocenters. The molecule has 1 N–H and O–H groups in total. The zero-order valence-electron chi connectivity index (χ0n) is 9.36. The molecule has 2 aliphatic rings. The van der Waals surface area contributed by atoms with Crippen molar-refractivity contribution in [2.24, 2.45) is 5.92 Å². The molecule has 1 aliphatic heterocycles. The van der Waals surface area contributed by atoms with Crippen molar-refractivity contribution in [3.63, 3.8) is 0 Å². The number of hydrogen-bond acceptors (Lipinski definition) is 2. The molecular weight excluding hydrogens is 198 g/mol. The van der Waals surface area contributed by atoms with Gasteiger partial charge in [-0.2, -0.15) is 0 Å². The van der Waals surface area contributed by atoms with Crippen LogP contribution in [0, 0.1) is 5.92 Å². The second kappa shape index (κ2) is 4.02. The summed E-state index contributed by atoms with van der Waals surface area (Å²) in [7, 11) is 0. The second-order valence-corrected chi connectivity index (χ2v) is 4.90. The van der Waals surface area contributed by atoms with Crippen LogP contribution in [0.2, 0.25) is 0 Å². The molecule has 84 valence electrons. The Bertz CT molecular complexity index is 401. The maximum absolute atomic E-state index is 10.8. The first kappa shape index (κ1) is 10.0. The van der Waals surface area contributed by atoms with Crippen LogP contribution in [-0.2, 0) is 4.79 Å². The minimum absolute atomic E-state index is 0.473. The molecule has 0 aromatic heterocycles. The monoisotopic (exact) mass is 215 g/mol. The molecule has 0 spiro atoms. The lowest BCUT2D eigenvalue weighted by Gasteiger charge is -2.29. The average molecular weight is 215 g/mol. The van der Waals surface area contributed by atoms with E-state index < -0.39 is 0 Å². The molecule has 0 bridgehead atoms. The standard InChI is InChI=1S/C14H17NO/c16-8-6-13-10-3-1-2-4-11(10)14-9-15-7-5-12(13)14/h1-4,8,12-15H,5-7,9H2/t12?,13-,14?/m1/s1. The van der Waals surface area contributed by atoms with Gasteiger partial charge in [-0.25, -0.2) is 0 Å². The van der Waals surface area contributed by atoms with Crippen LogP contribution in [0.3, 0.4) is 0 Å². The molecule has 1 aromatic carbocycles. The largest absolute Gasteiger partial charge is 0.316 e. The Labute approximate surface area is 96.1 Å². The molecule has 0 amide bonds. The number of fused-ring (bicyclic) bond motifs is 3. The Hall–Kier alpha value is -1.15. The lowest BCUT2D eigenvalue weighted by molar-refractivity contribution is -0.108. The van der Waals surface area contributed by atoms with Gasteiger partial charge in [0.15, 0.2) is 0 Å². The van der Waals surface area contributed by atoms with Gasteiger partial charge in [-0.05, 0) is 35.9 Å². The van der Waals surface area contributed by atoms with Gasteiger partial charge >= 0.3 is 0 Å². The highest BCUT2D eigenvalue weighted by Crippen LogP contribution is 2.49. The van der Waals surface area contributed by atoms with Crippen LogP contribution in [0.5, 0.6) is 0 Å². The van der Waals surface area contributed by atoms with E-state index in [0.717, 1.165) is 19.4 Å². The van der Waals surface area contributed by atoms with Crippen LogP contribution in [0.15, 0.2) is 24.3 Å². The summed E-state index contributed by atoms with van der Waals surface area (Å²) in [5.74, 6) is 1.79. The van der Waals surface area contributed by atoms with Crippen LogP contribution >= 0.6 is 0 Å². The SMILES string of the molecule is O=CC[C@@H]1c2ccccc2C2CNCCC21. The summed E-state index contributed by atoms with van der Waals surface area (Å²) in [6.45, 7) is 2.18. The first-order valence-corrected chi connectivity index (χ1v) is 6.15. The highest BCUT2D eigenvalue weighted by Gasteiger charge is 2.40. The Balaban J connectivity index is 2.02. The quantitative estimate of drug-likeness (QED) is 0.765. The van der Waals surface area contributed by atoms with E-state index >= 15 is 0 Å². The number of piperidine rings is 1. The fourth-order valence-electron chi connectivity index (χ4n) is 3.52. The molecular formula is C14H17NO. The first-order valence-electron chi connectivity index (χ1n) is 6.15. The van der Waals surface area contributed by atoms with Crippen molar-refractivity contribution < 1.29 is 4.79 Å². The Kier molecular flexibility index (Phi) is 2.52. The fourth-order valence-corrected chi connectivity index (χ4v) is 3.52. The first-order chi connectivity index (χ1) is 7.92. The van der Waals surface area contributed by atoms with E-state index in [1.165, 1.54) is 17.5 Å². The summed E-state index contributed by atoms with van der Waals surface area (Å²) < 4.78 is 0. The van der Waals surface area contributed by atoms with Gasteiger partial charge in [-0.1, -0.05) is 24.3 Å². The lowest BCUT2D eigenvalue weighted by atomic mass is 9.81. The molecule has 3 rings (SSSR count). The molecule has 1 heterocycles. The van der Waals surface area contributed by atoms with E-state index in [1.54, 1.807) is 0 Å². The van der Waals surface area contributed by atoms with Gasteiger partial charge in [0.2, 0.25) is 0 Å². The zero-order valence-corrected chi connectivity index (χ0v) is 9.36. The third-order valence-electron chi connectivity index (χ3n) is 4.20. The fraction of sp³-hybridized carbons (Fsp3) is 0.500. The van der Waals surface area contributed by atoms with E-state index in [0.29, 0.717) is 24.2 Å². The summed E-state index contributed by atoms with van der Waals surface area (Å²) in [6, 6.07) is 8.67. The van der Waals surface area contributed by atoms with Crippen molar-refractivity contribution in [1.82, 2.24) is 5.32 Å². The zero-order chi connectivity index (χ0) is 11.0. The number of carbonyl (C=O) groups excluding carboxylic acids is 1. The minimum Gasteiger partial charge on any atom is -0.316 e. The van der Waals surface area contributed by atoms with Crippen molar-refractivity contribution >= 4 is 6.29 Å². The molecule has 1 aromatic rings. The van der Waals surface area contributed by atoms with Gasteiger partial charge in [-0.3, -0.25) is 0 Å². The third kappa shape index (κ3) is 1.40. The number of aldehydes is 1. The van der Waals surface area contributed by atoms with E-state index in [4.69, 9.17) is 0 Å². The summed E-state index contributed by atoms with van der Waals surface area (Å²) >= 11 is 0.